The van der Waals surface area contributed by atoms with E-state index < -0.39 is 6.04 Å². The molecule has 1 atom stereocenters. The van der Waals surface area contributed by atoms with E-state index in [9.17, 15) is 9.59 Å². The van der Waals surface area contributed by atoms with E-state index in [4.69, 9.17) is 0 Å². The summed E-state index contributed by atoms with van der Waals surface area (Å²) in [7, 11) is 0. The summed E-state index contributed by atoms with van der Waals surface area (Å²) in [6, 6.07) is 5.46. The molecule has 3 N–H and O–H groups in total. The van der Waals surface area contributed by atoms with Gasteiger partial charge in [0.1, 0.15) is 6.04 Å². The van der Waals surface area contributed by atoms with Crippen LogP contribution in [0.4, 0.5) is 10.5 Å². The van der Waals surface area contributed by atoms with Crippen LogP contribution in [0.5, 0.6) is 0 Å². The van der Waals surface area contributed by atoms with E-state index in [0.29, 0.717) is 13.0 Å². The lowest BCUT2D eigenvalue weighted by atomic mass is 9.81. The van der Waals surface area contributed by atoms with Crippen molar-refractivity contribution in [3.05, 3.63) is 29.3 Å². The van der Waals surface area contributed by atoms with E-state index in [1.54, 1.807) is 0 Å². The monoisotopic (exact) mass is 345 g/mol. The van der Waals surface area contributed by atoms with Crippen LogP contribution in [0.3, 0.4) is 0 Å². The van der Waals surface area contributed by atoms with Crippen molar-refractivity contribution in [1.82, 2.24) is 10.6 Å². The maximum atomic E-state index is 12.5. The third-order valence-corrected chi connectivity index (χ3v) is 4.53. The minimum absolute atomic E-state index is 0.00736. The van der Waals surface area contributed by atoms with Gasteiger partial charge in [-0.3, -0.25) is 4.79 Å². The smallest absolute Gasteiger partial charge is 0.319 e. The first-order chi connectivity index (χ1) is 11.5. The molecule has 0 bridgehead atoms. The van der Waals surface area contributed by atoms with E-state index >= 15 is 0 Å². The minimum atomic E-state index is -0.461. The third-order valence-electron chi connectivity index (χ3n) is 4.53. The molecule has 1 aromatic carbocycles. The molecule has 0 radical (unpaired) electrons. The van der Waals surface area contributed by atoms with E-state index in [1.807, 2.05) is 6.07 Å². The van der Waals surface area contributed by atoms with Gasteiger partial charge < -0.3 is 16.0 Å². The normalized spacial score (nSPS) is 18.5. The number of anilines is 1. The van der Waals surface area contributed by atoms with Crippen molar-refractivity contribution < 1.29 is 9.59 Å². The first kappa shape index (κ1) is 19.3. The predicted octanol–water partition coefficient (Wildman–Crippen LogP) is 3.68. The Bertz CT molecular complexity index is 654. The fourth-order valence-electron chi connectivity index (χ4n) is 2.99. The number of amides is 3. The van der Waals surface area contributed by atoms with Crippen LogP contribution >= 0.6 is 0 Å². The van der Waals surface area contributed by atoms with Gasteiger partial charge in [-0.1, -0.05) is 53.7 Å². The van der Waals surface area contributed by atoms with Crippen LogP contribution in [0.25, 0.3) is 0 Å². The molecule has 0 aliphatic carbocycles. The van der Waals surface area contributed by atoms with Crippen LogP contribution in [0, 0.1) is 0 Å². The first-order valence-electron chi connectivity index (χ1n) is 8.99. The first-order valence-corrected chi connectivity index (χ1v) is 8.99. The number of carbonyl (C=O) groups excluding carboxylic acids is 2. The van der Waals surface area contributed by atoms with Crippen LogP contribution in [-0.2, 0) is 15.6 Å². The SMILES string of the molecule is CC(C)(C)c1ccc(C(C)(C)C)c(NC(=O)N[C@H]2CCCNC2=O)c1. The van der Waals surface area contributed by atoms with E-state index in [1.165, 1.54) is 0 Å². The Kier molecular flexibility index (Phi) is 5.45. The molecule has 1 fully saturated rings. The van der Waals surface area contributed by atoms with Gasteiger partial charge in [0.25, 0.3) is 0 Å². The molecule has 3 amide bonds. The molecule has 138 valence electrons. The van der Waals surface area contributed by atoms with Gasteiger partial charge in [-0.05, 0) is 40.9 Å². The maximum absolute atomic E-state index is 12.5. The Morgan fingerprint density at radius 2 is 1.80 bits per heavy atom. The van der Waals surface area contributed by atoms with Gasteiger partial charge in [0.2, 0.25) is 5.91 Å². The molecule has 2 rings (SSSR count). The molecule has 0 unspecified atom stereocenters. The van der Waals surface area contributed by atoms with Crippen molar-refractivity contribution in [3.63, 3.8) is 0 Å². The molecule has 1 aromatic rings. The molecule has 1 saturated heterocycles. The van der Waals surface area contributed by atoms with Crippen LogP contribution in [0.1, 0.15) is 65.5 Å². The quantitative estimate of drug-likeness (QED) is 0.765. The number of piperidine rings is 1. The number of hydrogen-bond donors (Lipinski definition) is 3. The topological polar surface area (TPSA) is 70.2 Å². The summed E-state index contributed by atoms with van der Waals surface area (Å²) in [5.74, 6) is -0.110. The molecular weight excluding hydrogens is 314 g/mol. The number of nitrogens with one attached hydrogen (secondary N) is 3. The zero-order chi connectivity index (χ0) is 18.8. The van der Waals surface area contributed by atoms with E-state index in [-0.39, 0.29) is 22.8 Å². The third kappa shape index (κ3) is 4.97. The highest BCUT2D eigenvalue weighted by atomic mass is 16.2. The Hall–Kier alpha value is -2.04. The van der Waals surface area contributed by atoms with Crippen molar-refractivity contribution in [3.8, 4) is 0 Å². The zero-order valence-electron chi connectivity index (χ0n) is 16.2. The maximum Gasteiger partial charge on any atom is 0.319 e. The number of carbonyl (C=O) groups is 2. The van der Waals surface area contributed by atoms with Crippen molar-refractivity contribution in [2.24, 2.45) is 0 Å². The van der Waals surface area contributed by atoms with Crippen molar-refractivity contribution >= 4 is 17.6 Å². The second-order valence-electron chi connectivity index (χ2n) is 8.84. The number of urea groups is 1. The van der Waals surface area contributed by atoms with Gasteiger partial charge in [0, 0.05) is 12.2 Å². The summed E-state index contributed by atoms with van der Waals surface area (Å²) < 4.78 is 0. The lowest BCUT2D eigenvalue weighted by Gasteiger charge is -2.28. The number of benzene rings is 1. The fraction of sp³-hybridized carbons (Fsp3) is 0.600. The van der Waals surface area contributed by atoms with Crippen LogP contribution in [0.15, 0.2) is 18.2 Å². The Morgan fingerprint density at radius 3 is 2.36 bits per heavy atom. The summed E-state index contributed by atoms with van der Waals surface area (Å²) in [6.45, 7) is 13.5. The Balaban J connectivity index is 2.23. The predicted molar refractivity (Wildman–Crippen MR) is 102 cm³/mol. The highest BCUT2D eigenvalue weighted by Gasteiger charge is 2.26. The Morgan fingerprint density at radius 1 is 1.12 bits per heavy atom. The average molecular weight is 345 g/mol. The fourth-order valence-corrected chi connectivity index (χ4v) is 2.99. The van der Waals surface area contributed by atoms with Crippen LogP contribution < -0.4 is 16.0 Å². The van der Waals surface area contributed by atoms with Crippen LogP contribution in [-0.4, -0.2) is 24.5 Å². The van der Waals surface area contributed by atoms with Crippen molar-refractivity contribution in [1.29, 1.82) is 0 Å². The van der Waals surface area contributed by atoms with Gasteiger partial charge >= 0.3 is 6.03 Å². The molecule has 0 aromatic heterocycles. The highest BCUT2D eigenvalue weighted by Crippen LogP contribution is 2.33. The summed E-state index contributed by atoms with van der Waals surface area (Å²) >= 11 is 0. The van der Waals surface area contributed by atoms with Gasteiger partial charge in [0.15, 0.2) is 0 Å². The summed E-state index contributed by atoms with van der Waals surface area (Å²) in [4.78, 5) is 24.3. The lowest BCUT2D eigenvalue weighted by molar-refractivity contribution is -0.124. The van der Waals surface area contributed by atoms with E-state index in [0.717, 1.165) is 23.2 Å². The van der Waals surface area contributed by atoms with Crippen molar-refractivity contribution in [2.75, 3.05) is 11.9 Å². The summed E-state index contributed by atoms with van der Waals surface area (Å²) in [6.07, 6.45) is 1.55. The minimum Gasteiger partial charge on any atom is -0.354 e. The zero-order valence-corrected chi connectivity index (χ0v) is 16.2. The number of hydrogen-bond acceptors (Lipinski definition) is 2. The summed E-state index contributed by atoms with van der Waals surface area (Å²) in [5.41, 5.74) is 2.93. The lowest BCUT2D eigenvalue weighted by Crippen LogP contribution is -2.51. The largest absolute Gasteiger partial charge is 0.354 e. The second kappa shape index (κ2) is 7.06. The molecular formula is C20H31N3O2. The standard InChI is InChI=1S/C20H31N3O2/c1-19(2,3)13-9-10-14(20(4,5)6)16(12-13)23-18(25)22-15-8-7-11-21-17(15)24/h9-10,12,15H,7-8,11H2,1-6H3,(H,21,24)(H2,22,23,25)/t15-/m0/s1. The molecule has 25 heavy (non-hydrogen) atoms. The second-order valence-corrected chi connectivity index (χ2v) is 8.84. The molecule has 0 spiro atoms. The van der Waals surface area contributed by atoms with Crippen molar-refractivity contribution in [2.45, 2.75) is 71.3 Å². The molecule has 1 heterocycles. The van der Waals surface area contributed by atoms with Gasteiger partial charge in [-0.25, -0.2) is 4.79 Å². The molecule has 1 aliphatic heterocycles. The molecule has 1 aliphatic rings. The average Bonchev–Trinajstić information content (AvgIpc) is 2.47. The van der Waals surface area contributed by atoms with Gasteiger partial charge in [0.05, 0.1) is 0 Å². The Labute approximate surface area is 151 Å². The van der Waals surface area contributed by atoms with Gasteiger partial charge in [-0.15, -0.1) is 0 Å². The van der Waals surface area contributed by atoms with E-state index in [2.05, 4.69) is 69.6 Å². The molecule has 0 saturated carbocycles. The van der Waals surface area contributed by atoms with Crippen LogP contribution in [0.2, 0.25) is 0 Å². The highest BCUT2D eigenvalue weighted by molar-refractivity contribution is 5.94. The molecule has 5 heteroatoms. The molecule has 5 nitrogen and oxygen atoms in total. The summed E-state index contributed by atoms with van der Waals surface area (Å²) in [5, 5.41) is 8.54. The van der Waals surface area contributed by atoms with Gasteiger partial charge in [-0.2, -0.15) is 0 Å². The number of rotatable bonds is 2.